The van der Waals surface area contributed by atoms with E-state index in [0.29, 0.717) is 26.0 Å². The topological polar surface area (TPSA) is 96.9 Å². The Morgan fingerprint density at radius 1 is 1.59 bits per heavy atom. The van der Waals surface area contributed by atoms with Crippen LogP contribution < -0.4 is 11.1 Å². The zero-order valence-electron chi connectivity index (χ0n) is 10.4. The van der Waals surface area contributed by atoms with E-state index in [4.69, 9.17) is 15.7 Å². The van der Waals surface area contributed by atoms with Gasteiger partial charge in [0.05, 0.1) is 12.7 Å². The van der Waals surface area contributed by atoms with E-state index in [1.807, 2.05) is 13.8 Å². The number of oxime groups is 1. The average molecular weight is 243 g/mol. The lowest BCUT2D eigenvalue weighted by Gasteiger charge is -2.38. The van der Waals surface area contributed by atoms with Crippen molar-refractivity contribution in [3.8, 4) is 0 Å². The molecule has 0 bridgehead atoms. The first kappa shape index (κ1) is 13.8. The van der Waals surface area contributed by atoms with Crippen molar-refractivity contribution < 1.29 is 14.7 Å². The van der Waals surface area contributed by atoms with Crippen molar-refractivity contribution >= 4 is 11.7 Å². The van der Waals surface area contributed by atoms with Crippen molar-refractivity contribution in [2.75, 3.05) is 13.2 Å². The fourth-order valence-corrected chi connectivity index (χ4v) is 1.85. The van der Waals surface area contributed by atoms with Crippen LogP contribution in [0, 0.1) is 5.41 Å². The summed E-state index contributed by atoms with van der Waals surface area (Å²) in [5.74, 6) is -0.169. The molecule has 98 valence electrons. The van der Waals surface area contributed by atoms with Gasteiger partial charge in [0.15, 0.2) is 5.84 Å². The molecule has 0 aromatic carbocycles. The Labute approximate surface area is 101 Å². The first-order valence-electron chi connectivity index (χ1n) is 5.91. The van der Waals surface area contributed by atoms with Gasteiger partial charge in [0.2, 0.25) is 5.91 Å². The smallest absolute Gasteiger partial charge is 0.234 e. The predicted molar refractivity (Wildman–Crippen MR) is 63.8 cm³/mol. The number of carbonyl (C=O) groups is 1. The summed E-state index contributed by atoms with van der Waals surface area (Å²) in [6.07, 6.45) is 2.35. The summed E-state index contributed by atoms with van der Waals surface area (Å²) in [4.78, 5) is 12.0. The minimum Gasteiger partial charge on any atom is -0.409 e. The molecule has 0 aromatic heterocycles. The van der Waals surface area contributed by atoms with Gasteiger partial charge in [-0.3, -0.25) is 4.79 Å². The van der Waals surface area contributed by atoms with Gasteiger partial charge in [-0.25, -0.2) is 0 Å². The summed E-state index contributed by atoms with van der Waals surface area (Å²) >= 11 is 0. The van der Waals surface area contributed by atoms with Crippen molar-refractivity contribution in [3.05, 3.63) is 0 Å². The second kappa shape index (κ2) is 5.86. The van der Waals surface area contributed by atoms with Gasteiger partial charge in [-0.2, -0.15) is 0 Å². The Kier molecular flexibility index (Phi) is 4.74. The number of nitrogens with two attached hydrogens (primary N) is 1. The maximum atomic E-state index is 12.0. The van der Waals surface area contributed by atoms with Crippen LogP contribution in [0.2, 0.25) is 0 Å². The summed E-state index contributed by atoms with van der Waals surface area (Å²) in [6, 6.07) is 0. The van der Waals surface area contributed by atoms with Gasteiger partial charge in [0.1, 0.15) is 5.41 Å². The van der Waals surface area contributed by atoms with Crippen LogP contribution in [0.3, 0.4) is 0 Å². The lowest BCUT2D eigenvalue weighted by atomic mass is 9.67. The summed E-state index contributed by atoms with van der Waals surface area (Å²) < 4.78 is 5.32. The minimum atomic E-state index is -0.799. The van der Waals surface area contributed by atoms with Gasteiger partial charge in [-0.05, 0) is 26.7 Å². The first-order chi connectivity index (χ1) is 8.03. The van der Waals surface area contributed by atoms with E-state index in [0.717, 1.165) is 6.42 Å². The predicted octanol–water partition coefficient (Wildman–Crippen LogP) is 0.444. The molecule has 17 heavy (non-hydrogen) atoms. The number of rotatable bonds is 6. The largest absolute Gasteiger partial charge is 0.409 e. The molecule has 6 nitrogen and oxygen atoms in total. The second-order valence-corrected chi connectivity index (χ2v) is 4.60. The summed E-state index contributed by atoms with van der Waals surface area (Å²) in [6.45, 7) is 4.78. The number of hydrogen-bond donors (Lipinski definition) is 3. The number of nitrogens with zero attached hydrogens (tertiary/aromatic N) is 1. The molecule has 1 amide bonds. The lowest BCUT2D eigenvalue weighted by molar-refractivity contribution is -0.131. The van der Waals surface area contributed by atoms with E-state index >= 15 is 0 Å². The number of nitrogens with one attached hydrogen (secondary N) is 1. The number of hydrogen-bond acceptors (Lipinski definition) is 4. The molecule has 4 N–H and O–H groups in total. The lowest BCUT2D eigenvalue weighted by Crippen LogP contribution is -2.54. The molecule has 0 aliphatic heterocycles. The van der Waals surface area contributed by atoms with Gasteiger partial charge in [0, 0.05) is 6.54 Å². The van der Waals surface area contributed by atoms with Crippen LogP contribution in [0.1, 0.15) is 33.1 Å². The van der Waals surface area contributed by atoms with E-state index in [-0.39, 0.29) is 17.8 Å². The third-order valence-corrected chi connectivity index (χ3v) is 3.08. The fraction of sp³-hybridized carbons (Fsp3) is 0.818. The SMILES string of the molecule is CC(C)OCCNC(=O)C1(C(N)=NO)CCC1. The molecular formula is C11H21N3O3. The highest BCUT2D eigenvalue weighted by molar-refractivity contribution is 6.07. The molecule has 1 aliphatic carbocycles. The molecule has 0 atom stereocenters. The van der Waals surface area contributed by atoms with E-state index in [1.165, 1.54) is 0 Å². The Morgan fingerprint density at radius 3 is 2.65 bits per heavy atom. The van der Waals surface area contributed by atoms with Crippen molar-refractivity contribution in [3.63, 3.8) is 0 Å². The zero-order valence-corrected chi connectivity index (χ0v) is 10.4. The molecule has 0 saturated heterocycles. The van der Waals surface area contributed by atoms with E-state index in [2.05, 4.69) is 10.5 Å². The van der Waals surface area contributed by atoms with Crippen molar-refractivity contribution in [2.45, 2.75) is 39.2 Å². The zero-order chi connectivity index (χ0) is 12.9. The Bertz CT molecular complexity index is 298. The highest BCUT2D eigenvalue weighted by Gasteiger charge is 2.48. The normalized spacial score (nSPS) is 18.9. The van der Waals surface area contributed by atoms with Crippen molar-refractivity contribution in [1.82, 2.24) is 5.32 Å². The fourth-order valence-electron chi connectivity index (χ4n) is 1.85. The van der Waals surface area contributed by atoms with Crippen LogP contribution in [0.4, 0.5) is 0 Å². The van der Waals surface area contributed by atoms with Gasteiger partial charge >= 0.3 is 0 Å². The second-order valence-electron chi connectivity index (χ2n) is 4.60. The standard InChI is InChI=1S/C11H21N3O3/c1-8(2)17-7-6-13-10(15)11(4-3-5-11)9(12)14-16/h8,16H,3-7H2,1-2H3,(H2,12,14)(H,13,15). The molecule has 0 heterocycles. The van der Waals surface area contributed by atoms with Gasteiger partial charge in [0.25, 0.3) is 0 Å². The van der Waals surface area contributed by atoms with Crippen LogP contribution in [0.5, 0.6) is 0 Å². The maximum Gasteiger partial charge on any atom is 0.234 e. The molecule has 0 radical (unpaired) electrons. The van der Waals surface area contributed by atoms with Crippen LogP contribution in [0.25, 0.3) is 0 Å². The van der Waals surface area contributed by atoms with Gasteiger partial charge in [-0.1, -0.05) is 11.6 Å². The molecule has 0 aromatic rings. The van der Waals surface area contributed by atoms with Crippen molar-refractivity contribution in [1.29, 1.82) is 0 Å². The Hall–Kier alpha value is -1.30. The summed E-state index contributed by atoms with van der Waals surface area (Å²) in [5, 5.41) is 14.4. The molecule has 1 aliphatic rings. The number of amidine groups is 1. The Balaban J connectivity index is 2.40. The molecule has 0 spiro atoms. The summed E-state index contributed by atoms with van der Waals surface area (Å²) in [7, 11) is 0. The maximum absolute atomic E-state index is 12.0. The van der Waals surface area contributed by atoms with Gasteiger partial charge in [-0.15, -0.1) is 0 Å². The van der Waals surface area contributed by atoms with E-state index in [9.17, 15) is 4.79 Å². The van der Waals surface area contributed by atoms with Crippen molar-refractivity contribution in [2.24, 2.45) is 16.3 Å². The molecule has 1 rings (SSSR count). The van der Waals surface area contributed by atoms with E-state index in [1.54, 1.807) is 0 Å². The number of ether oxygens (including phenoxy) is 1. The third-order valence-electron chi connectivity index (χ3n) is 3.08. The number of carbonyl (C=O) groups excluding carboxylic acids is 1. The van der Waals surface area contributed by atoms with Crippen LogP contribution in [-0.2, 0) is 9.53 Å². The van der Waals surface area contributed by atoms with E-state index < -0.39 is 5.41 Å². The van der Waals surface area contributed by atoms with Gasteiger partial charge < -0.3 is 21.0 Å². The monoisotopic (exact) mass is 243 g/mol. The quantitative estimate of drug-likeness (QED) is 0.207. The summed E-state index contributed by atoms with van der Waals surface area (Å²) in [5.41, 5.74) is 4.78. The molecule has 1 saturated carbocycles. The Morgan fingerprint density at radius 2 is 2.24 bits per heavy atom. The third kappa shape index (κ3) is 3.09. The van der Waals surface area contributed by atoms with Crippen LogP contribution in [-0.4, -0.2) is 36.2 Å². The molecule has 0 unspecified atom stereocenters. The highest BCUT2D eigenvalue weighted by atomic mass is 16.5. The number of amides is 1. The minimum absolute atomic E-state index is 0.00558. The molecule has 1 fully saturated rings. The van der Waals surface area contributed by atoms with Crippen LogP contribution >= 0.6 is 0 Å². The van der Waals surface area contributed by atoms with Crippen LogP contribution in [0.15, 0.2) is 5.16 Å². The highest BCUT2D eigenvalue weighted by Crippen LogP contribution is 2.41. The molecular weight excluding hydrogens is 222 g/mol. The molecule has 6 heteroatoms. The first-order valence-corrected chi connectivity index (χ1v) is 5.91. The average Bonchev–Trinajstić information content (AvgIpc) is 2.22.